The second-order valence-corrected chi connectivity index (χ2v) is 7.01. The third-order valence-electron chi connectivity index (χ3n) is 3.59. The van der Waals surface area contributed by atoms with Crippen molar-refractivity contribution in [3.05, 3.63) is 41.9 Å². The van der Waals surface area contributed by atoms with Crippen molar-refractivity contribution in [3.63, 3.8) is 0 Å². The molecule has 118 valence electrons. The summed E-state index contributed by atoms with van der Waals surface area (Å²) in [4.78, 5) is 1.22. The van der Waals surface area contributed by atoms with Crippen LogP contribution in [0.5, 0.6) is 0 Å². The topological polar surface area (TPSA) is 62.6 Å². The second-order valence-electron chi connectivity index (χ2n) is 4.96. The van der Waals surface area contributed by atoms with Crippen LogP contribution >= 0.6 is 0 Å². The van der Waals surface area contributed by atoms with E-state index in [0.717, 1.165) is 0 Å². The van der Waals surface area contributed by atoms with Crippen LogP contribution in [-0.2, 0) is 16.4 Å². The lowest BCUT2D eigenvalue weighted by atomic mass is 10.2. The Balaban J connectivity index is 2.18. The van der Waals surface area contributed by atoms with Gasteiger partial charge in [-0.25, -0.2) is 17.2 Å². The minimum absolute atomic E-state index is 0.113. The molecule has 0 unspecified atom stereocenters. The van der Waals surface area contributed by atoms with Gasteiger partial charge < -0.3 is 14.6 Å². The van der Waals surface area contributed by atoms with E-state index in [0.29, 0.717) is 11.8 Å². The minimum atomic E-state index is -3.76. The molecule has 2 heterocycles. The molecule has 1 N–H and O–H groups in total. The fourth-order valence-corrected chi connectivity index (χ4v) is 4.31. The van der Waals surface area contributed by atoms with Gasteiger partial charge in [0, 0.05) is 19.7 Å². The first-order chi connectivity index (χ1) is 10.4. The standard InChI is InChI=1S/C14H14F2N2O3S/c1-17-12-10(15)7-11(16)13-14(12)22(19,20)6-4-18(13)8-9-3-2-5-21-9/h2-3,5,7,17H,4,6,8H2,1H3. The normalized spacial score (nSPS) is 16.4. The third kappa shape index (κ3) is 2.33. The fourth-order valence-electron chi connectivity index (χ4n) is 2.61. The first-order valence-corrected chi connectivity index (χ1v) is 8.29. The minimum Gasteiger partial charge on any atom is -0.467 e. The number of hydrogen-bond acceptors (Lipinski definition) is 5. The van der Waals surface area contributed by atoms with Crippen LogP contribution in [0.2, 0.25) is 0 Å². The molecule has 0 bridgehead atoms. The summed E-state index contributed by atoms with van der Waals surface area (Å²) < 4.78 is 57.9. The lowest BCUT2D eigenvalue weighted by Crippen LogP contribution is -2.36. The molecule has 3 rings (SSSR count). The highest BCUT2D eigenvalue weighted by Crippen LogP contribution is 2.40. The lowest BCUT2D eigenvalue weighted by molar-refractivity contribution is 0.496. The van der Waals surface area contributed by atoms with Crippen molar-refractivity contribution in [2.45, 2.75) is 11.4 Å². The monoisotopic (exact) mass is 328 g/mol. The first-order valence-electron chi connectivity index (χ1n) is 6.64. The summed E-state index contributed by atoms with van der Waals surface area (Å²) >= 11 is 0. The van der Waals surface area contributed by atoms with Gasteiger partial charge in [0.05, 0.1) is 29.9 Å². The summed E-state index contributed by atoms with van der Waals surface area (Å²) in [5.41, 5.74) is -0.325. The zero-order valence-corrected chi connectivity index (χ0v) is 12.6. The van der Waals surface area contributed by atoms with Crippen molar-refractivity contribution < 1.29 is 21.6 Å². The van der Waals surface area contributed by atoms with E-state index in [9.17, 15) is 17.2 Å². The van der Waals surface area contributed by atoms with E-state index in [1.54, 1.807) is 17.0 Å². The van der Waals surface area contributed by atoms with E-state index >= 15 is 0 Å². The molecule has 0 spiro atoms. The molecule has 0 fully saturated rings. The van der Waals surface area contributed by atoms with Crippen molar-refractivity contribution in [1.82, 2.24) is 0 Å². The van der Waals surface area contributed by atoms with Crippen molar-refractivity contribution in [3.8, 4) is 0 Å². The summed E-state index contributed by atoms with van der Waals surface area (Å²) in [6.07, 6.45) is 1.48. The molecule has 0 radical (unpaired) electrons. The number of furan rings is 1. The Labute approximate surface area is 126 Å². The van der Waals surface area contributed by atoms with E-state index in [2.05, 4.69) is 5.32 Å². The number of nitrogens with zero attached hydrogens (tertiary/aromatic N) is 1. The van der Waals surface area contributed by atoms with Crippen LogP contribution in [0.15, 0.2) is 33.8 Å². The maximum absolute atomic E-state index is 14.3. The molecule has 0 aliphatic carbocycles. The largest absolute Gasteiger partial charge is 0.467 e. The Morgan fingerprint density at radius 1 is 1.36 bits per heavy atom. The van der Waals surface area contributed by atoms with Gasteiger partial charge in [0.25, 0.3) is 0 Å². The van der Waals surface area contributed by atoms with Gasteiger partial charge >= 0.3 is 0 Å². The van der Waals surface area contributed by atoms with Gasteiger partial charge in [0.2, 0.25) is 0 Å². The Morgan fingerprint density at radius 3 is 2.77 bits per heavy atom. The van der Waals surface area contributed by atoms with Gasteiger partial charge in [-0.3, -0.25) is 0 Å². The van der Waals surface area contributed by atoms with Crippen molar-refractivity contribution >= 4 is 21.2 Å². The van der Waals surface area contributed by atoms with Crippen LogP contribution in [0.3, 0.4) is 0 Å². The lowest BCUT2D eigenvalue weighted by Gasteiger charge is -2.32. The van der Waals surface area contributed by atoms with Crippen LogP contribution in [0, 0.1) is 11.6 Å². The number of halogens is 2. The average molecular weight is 328 g/mol. The Bertz CT molecular complexity index is 804. The molecule has 8 heteroatoms. The molecule has 0 saturated carbocycles. The van der Waals surface area contributed by atoms with Crippen LogP contribution in [0.1, 0.15) is 5.76 Å². The molecule has 1 aromatic carbocycles. The molecule has 2 aromatic rings. The molecular formula is C14H14F2N2O3S. The van der Waals surface area contributed by atoms with E-state index < -0.39 is 21.5 Å². The molecule has 1 aromatic heterocycles. The SMILES string of the molecule is CNc1c(F)cc(F)c2c1S(=O)(=O)CCN2Cc1ccco1. The van der Waals surface area contributed by atoms with Crippen molar-refractivity contribution in [2.75, 3.05) is 29.6 Å². The smallest absolute Gasteiger partial charge is 0.184 e. The molecule has 5 nitrogen and oxygen atoms in total. The van der Waals surface area contributed by atoms with Crippen LogP contribution in [0.25, 0.3) is 0 Å². The predicted octanol–water partition coefficient (Wildman–Crippen LogP) is 2.39. The maximum atomic E-state index is 14.3. The molecule has 1 aliphatic heterocycles. The Kier molecular flexibility index (Phi) is 3.56. The number of sulfone groups is 1. The molecule has 0 amide bonds. The molecule has 1 aliphatic rings. The van der Waals surface area contributed by atoms with Crippen LogP contribution in [0.4, 0.5) is 20.2 Å². The van der Waals surface area contributed by atoms with Crippen LogP contribution in [-0.4, -0.2) is 27.8 Å². The number of benzene rings is 1. The summed E-state index contributed by atoms with van der Waals surface area (Å²) in [7, 11) is -2.36. The molecular weight excluding hydrogens is 314 g/mol. The fraction of sp³-hybridized carbons (Fsp3) is 0.286. The highest BCUT2D eigenvalue weighted by atomic mass is 32.2. The maximum Gasteiger partial charge on any atom is 0.184 e. The van der Waals surface area contributed by atoms with Crippen molar-refractivity contribution in [2.24, 2.45) is 0 Å². The number of hydrogen-bond donors (Lipinski definition) is 1. The van der Waals surface area contributed by atoms with Gasteiger partial charge in [-0.05, 0) is 12.1 Å². The number of anilines is 2. The summed E-state index contributed by atoms with van der Waals surface area (Å²) in [6, 6.07) is 4.10. The van der Waals surface area contributed by atoms with E-state index in [1.165, 1.54) is 13.3 Å². The van der Waals surface area contributed by atoms with E-state index in [1.807, 2.05) is 0 Å². The molecule has 0 atom stereocenters. The van der Waals surface area contributed by atoms with Gasteiger partial charge in [0.15, 0.2) is 21.5 Å². The average Bonchev–Trinajstić information content (AvgIpc) is 2.95. The summed E-state index contributed by atoms with van der Waals surface area (Å²) in [5.74, 6) is -1.47. The van der Waals surface area contributed by atoms with E-state index in [-0.39, 0.29) is 35.1 Å². The Morgan fingerprint density at radius 2 is 2.14 bits per heavy atom. The van der Waals surface area contributed by atoms with Gasteiger partial charge in [-0.1, -0.05) is 0 Å². The number of fused-ring (bicyclic) bond motifs is 1. The highest BCUT2D eigenvalue weighted by Gasteiger charge is 2.35. The van der Waals surface area contributed by atoms with Gasteiger partial charge in [-0.2, -0.15) is 0 Å². The molecule has 22 heavy (non-hydrogen) atoms. The summed E-state index contributed by atoms with van der Waals surface area (Å²) in [5, 5.41) is 2.51. The zero-order chi connectivity index (χ0) is 15.9. The number of rotatable bonds is 3. The van der Waals surface area contributed by atoms with Crippen molar-refractivity contribution in [1.29, 1.82) is 0 Å². The zero-order valence-electron chi connectivity index (χ0n) is 11.8. The van der Waals surface area contributed by atoms with E-state index in [4.69, 9.17) is 4.42 Å². The highest BCUT2D eigenvalue weighted by molar-refractivity contribution is 7.91. The summed E-state index contributed by atoms with van der Waals surface area (Å²) in [6.45, 7) is 0.322. The van der Waals surface area contributed by atoms with Gasteiger partial charge in [0.1, 0.15) is 10.7 Å². The quantitative estimate of drug-likeness (QED) is 0.937. The first kappa shape index (κ1) is 14.8. The number of nitrogens with one attached hydrogen (secondary N) is 1. The predicted molar refractivity (Wildman–Crippen MR) is 77.7 cm³/mol. The second kappa shape index (κ2) is 5.28. The van der Waals surface area contributed by atoms with Crippen LogP contribution < -0.4 is 10.2 Å². The van der Waals surface area contributed by atoms with Gasteiger partial charge in [-0.15, -0.1) is 0 Å². The molecule has 0 saturated heterocycles. The Hall–Kier alpha value is -2.09. The third-order valence-corrected chi connectivity index (χ3v) is 5.33.